The van der Waals surface area contributed by atoms with Crippen molar-refractivity contribution in [2.24, 2.45) is 0 Å². The average Bonchev–Trinajstić information content (AvgIpc) is 1.99. The molecule has 0 saturated carbocycles. The fourth-order valence-electron chi connectivity index (χ4n) is 0.715. The molecule has 0 aliphatic heterocycles. The molecule has 2 atom stereocenters. The lowest BCUT2D eigenvalue weighted by atomic mass is 10.0. The Bertz CT molecular complexity index is 234. The second kappa shape index (κ2) is 4.33. The standard InChI is InChI=1S/C6H10O8/c7-2(8)1-6(13,14)4(10)3(9)5(11)12/h3-4,9-10,13-14H,1H2,(H,7,8)(H,11,12). The van der Waals surface area contributed by atoms with E-state index in [1.54, 1.807) is 0 Å². The number of aliphatic carboxylic acids is 2. The molecular weight excluding hydrogens is 200 g/mol. The molecule has 8 nitrogen and oxygen atoms in total. The summed E-state index contributed by atoms with van der Waals surface area (Å²) in [5, 5.41) is 51.6. The van der Waals surface area contributed by atoms with Gasteiger partial charge in [-0.25, -0.2) is 4.79 Å². The normalized spacial score (nSPS) is 16.0. The molecule has 0 fully saturated rings. The molecule has 2 unspecified atom stereocenters. The Balaban J connectivity index is 4.56. The molecule has 0 spiro atoms. The van der Waals surface area contributed by atoms with Gasteiger partial charge >= 0.3 is 11.9 Å². The largest absolute Gasteiger partial charge is 0.481 e. The zero-order valence-electron chi connectivity index (χ0n) is 6.86. The van der Waals surface area contributed by atoms with Crippen LogP contribution in [-0.4, -0.2) is 60.6 Å². The van der Waals surface area contributed by atoms with Crippen molar-refractivity contribution in [3.63, 3.8) is 0 Å². The Kier molecular flexibility index (Phi) is 3.95. The van der Waals surface area contributed by atoms with E-state index in [4.69, 9.17) is 30.6 Å². The van der Waals surface area contributed by atoms with Crippen molar-refractivity contribution in [3.05, 3.63) is 0 Å². The molecule has 14 heavy (non-hydrogen) atoms. The van der Waals surface area contributed by atoms with Crippen molar-refractivity contribution < 1.29 is 40.2 Å². The lowest BCUT2D eigenvalue weighted by molar-refractivity contribution is -0.251. The Morgan fingerprint density at radius 2 is 1.57 bits per heavy atom. The van der Waals surface area contributed by atoms with E-state index < -0.39 is 36.4 Å². The predicted molar refractivity (Wildman–Crippen MR) is 39.1 cm³/mol. The number of aliphatic hydroxyl groups is 4. The Morgan fingerprint density at radius 3 is 1.86 bits per heavy atom. The van der Waals surface area contributed by atoms with Crippen molar-refractivity contribution in [2.75, 3.05) is 0 Å². The molecule has 0 aliphatic rings. The highest BCUT2D eigenvalue weighted by atomic mass is 16.5. The molecule has 0 aromatic carbocycles. The van der Waals surface area contributed by atoms with Gasteiger partial charge in [0.2, 0.25) is 5.79 Å². The zero-order chi connectivity index (χ0) is 11.5. The van der Waals surface area contributed by atoms with E-state index in [-0.39, 0.29) is 0 Å². The second-order valence-corrected chi connectivity index (χ2v) is 2.68. The third kappa shape index (κ3) is 3.26. The van der Waals surface area contributed by atoms with Crippen LogP contribution in [-0.2, 0) is 9.59 Å². The van der Waals surface area contributed by atoms with Crippen LogP contribution in [0.15, 0.2) is 0 Å². The van der Waals surface area contributed by atoms with E-state index in [2.05, 4.69) is 0 Å². The first kappa shape index (κ1) is 12.8. The fourth-order valence-corrected chi connectivity index (χ4v) is 0.715. The van der Waals surface area contributed by atoms with E-state index in [0.717, 1.165) is 0 Å². The topological polar surface area (TPSA) is 156 Å². The Hall–Kier alpha value is -1.22. The summed E-state index contributed by atoms with van der Waals surface area (Å²) in [5.41, 5.74) is 0. The van der Waals surface area contributed by atoms with Gasteiger partial charge in [0.25, 0.3) is 0 Å². The molecule has 0 amide bonds. The highest BCUT2D eigenvalue weighted by Gasteiger charge is 2.43. The van der Waals surface area contributed by atoms with Crippen LogP contribution < -0.4 is 0 Å². The van der Waals surface area contributed by atoms with E-state index in [1.165, 1.54) is 0 Å². The van der Waals surface area contributed by atoms with Crippen LogP contribution in [0, 0.1) is 0 Å². The first-order valence-electron chi connectivity index (χ1n) is 3.44. The molecule has 0 aliphatic carbocycles. The summed E-state index contributed by atoms with van der Waals surface area (Å²) in [4.78, 5) is 20.1. The smallest absolute Gasteiger partial charge is 0.335 e. The van der Waals surface area contributed by atoms with Gasteiger partial charge in [0.15, 0.2) is 6.10 Å². The Labute approximate surface area is 77.7 Å². The third-order valence-electron chi connectivity index (χ3n) is 1.44. The summed E-state index contributed by atoms with van der Waals surface area (Å²) < 4.78 is 0. The quantitative estimate of drug-likeness (QED) is 0.261. The van der Waals surface area contributed by atoms with Gasteiger partial charge in [-0.3, -0.25) is 4.79 Å². The van der Waals surface area contributed by atoms with Crippen molar-refractivity contribution in [1.29, 1.82) is 0 Å². The molecule has 0 rings (SSSR count). The van der Waals surface area contributed by atoms with Crippen LogP contribution in [0.3, 0.4) is 0 Å². The van der Waals surface area contributed by atoms with E-state index in [1.807, 2.05) is 0 Å². The van der Waals surface area contributed by atoms with Gasteiger partial charge in [-0.2, -0.15) is 0 Å². The van der Waals surface area contributed by atoms with E-state index in [9.17, 15) is 9.59 Å². The van der Waals surface area contributed by atoms with Crippen LogP contribution in [0.25, 0.3) is 0 Å². The number of hydrogen-bond acceptors (Lipinski definition) is 6. The number of hydrogen-bond donors (Lipinski definition) is 6. The molecule has 82 valence electrons. The molecule has 0 radical (unpaired) electrons. The van der Waals surface area contributed by atoms with Crippen LogP contribution in [0.4, 0.5) is 0 Å². The summed E-state index contributed by atoms with van der Waals surface area (Å²) in [6, 6.07) is 0. The zero-order valence-corrected chi connectivity index (χ0v) is 6.86. The fraction of sp³-hybridized carbons (Fsp3) is 0.667. The maximum atomic E-state index is 10.1. The maximum Gasteiger partial charge on any atom is 0.335 e. The molecule has 0 bridgehead atoms. The average molecular weight is 210 g/mol. The second-order valence-electron chi connectivity index (χ2n) is 2.68. The summed E-state index contributed by atoms with van der Waals surface area (Å²) >= 11 is 0. The SMILES string of the molecule is O=C(O)CC(O)(O)C(O)C(O)C(=O)O. The minimum absolute atomic E-state index is 1.31. The number of carboxylic acid groups (broad SMARTS) is 2. The molecule has 0 aromatic heterocycles. The van der Waals surface area contributed by atoms with Crippen molar-refractivity contribution in [1.82, 2.24) is 0 Å². The van der Waals surface area contributed by atoms with Gasteiger partial charge in [0.05, 0.1) is 0 Å². The van der Waals surface area contributed by atoms with Crippen molar-refractivity contribution in [3.8, 4) is 0 Å². The van der Waals surface area contributed by atoms with Gasteiger partial charge in [0, 0.05) is 0 Å². The minimum Gasteiger partial charge on any atom is -0.481 e. The highest BCUT2D eigenvalue weighted by molar-refractivity contribution is 5.73. The van der Waals surface area contributed by atoms with Crippen molar-refractivity contribution in [2.45, 2.75) is 24.4 Å². The number of rotatable bonds is 5. The first-order valence-corrected chi connectivity index (χ1v) is 3.44. The van der Waals surface area contributed by atoms with E-state index >= 15 is 0 Å². The molecule has 0 heterocycles. The molecule has 8 heteroatoms. The summed E-state index contributed by atoms with van der Waals surface area (Å²) in [6.07, 6.45) is -6.28. The predicted octanol–water partition coefficient (Wildman–Crippen LogP) is -3.05. The summed E-state index contributed by atoms with van der Waals surface area (Å²) in [6.45, 7) is 0. The molecule has 0 aromatic rings. The summed E-state index contributed by atoms with van der Waals surface area (Å²) in [7, 11) is 0. The van der Waals surface area contributed by atoms with Crippen LogP contribution in [0.1, 0.15) is 6.42 Å². The number of carboxylic acids is 2. The van der Waals surface area contributed by atoms with Crippen LogP contribution in [0.2, 0.25) is 0 Å². The molecule has 0 saturated heterocycles. The molecular formula is C6H10O8. The number of carbonyl (C=O) groups is 2. The maximum absolute atomic E-state index is 10.1. The van der Waals surface area contributed by atoms with Gasteiger partial charge in [-0.1, -0.05) is 0 Å². The summed E-state index contributed by atoms with van der Waals surface area (Å²) in [5.74, 6) is -6.74. The van der Waals surface area contributed by atoms with Gasteiger partial charge in [-0.05, 0) is 0 Å². The lowest BCUT2D eigenvalue weighted by Crippen LogP contribution is -2.52. The van der Waals surface area contributed by atoms with Crippen LogP contribution in [0.5, 0.6) is 0 Å². The van der Waals surface area contributed by atoms with Crippen LogP contribution >= 0.6 is 0 Å². The van der Waals surface area contributed by atoms with Gasteiger partial charge in [-0.15, -0.1) is 0 Å². The monoisotopic (exact) mass is 210 g/mol. The Morgan fingerprint density at radius 1 is 1.14 bits per heavy atom. The molecule has 6 N–H and O–H groups in total. The van der Waals surface area contributed by atoms with Gasteiger partial charge in [0.1, 0.15) is 12.5 Å². The highest BCUT2D eigenvalue weighted by Crippen LogP contribution is 2.15. The lowest BCUT2D eigenvalue weighted by Gasteiger charge is -2.27. The number of aliphatic hydroxyl groups excluding tert-OH is 2. The first-order chi connectivity index (χ1) is 6.18. The third-order valence-corrected chi connectivity index (χ3v) is 1.44. The van der Waals surface area contributed by atoms with Gasteiger partial charge < -0.3 is 30.6 Å². The van der Waals surface area contributed by atoms with Crippen molar-refractivity contribution >= 4 is 11.9 Å². The minimum atomic E-state index is -3.19. The van der Waals surface area contributed by atoms with E-state index in [0.29, 0.717) is 0 Å².